The number of carboxylic acids is 1. The first-order valence-corrected chi connectivity index (χ1v) is 17.9. The van der Waals surface area contributed by atoms with E-state index < -0.39 is 66.3 Å². The highest BCUT2D eigenvalue weighted by Crippen LogP contribution is 2.36. The summed E-state index contributed by atoms with van der Waals surface area (Å²) < 4.78 is 5.27. The zero-order valence-corrected chi connectivity index (χ0v) is 29.3. The van der Waals surface area contributed by atoms with Crippen LogP contribution in [0.4, 0.5) is 9.59 Å². The number of carboxylic acid groups (broad SMARTS) is 1. The van der Waals surface area contributed by atoms with Crippen LogP contribution in [-0.4, -0.2) is 93.7 Å². The summed E-state index contributed by atoms with van der Waals surface area (Å²) in [6, 6.07) is 3.12. The number of aliphatic hydroxyl groups is 2. The fourth-order valence-corrected chi connectivity index (χ4v) is 6.05. The second-order valence-electron chi connectivity index (χ2n) is 14.4. The zero-order valence-electron chi connectivity index (χ0n) is 29.3. The van der Waals surface area contributed by atoms with E-state index in [1.54, 1.807) is 18.2 Å². The molecule has 3 aliphatic carbocycles. The van der Waals surface area contributed by atoms with Gasteiger partial charge in [-0.15, -0.1) is 0 Å². The number of carbonyl (C=O) groups excluding carboxylic acids is 5. The number of benzene rings is 1. The lowest BCUT2D eigenvalue weighted by atomic mass is 9.83. The number of rotatable bonds is 17. The van der Waals surface area contributed by atoms with E-state index in [9.17, 15) is 44.1 Å². The van der Waals surface area contributed by atoms with Crippen molar-refractivity contribution in [1.29, 1.82) is 0 Å². The van der Waals surface area contributed by atoms with Crippen molar-refractivity contribution >= 4 is 35.8 Å². The van der Waals surface area contributed by atoms with Crippen LogP contribution in [0.25, 0.3) is 0 Å². The Bertz CT molecular complexity index is 1380. The molecule has 282 valence electrons. The van der Waals surface area contributed by atoms with Gasteiger partial charge >= 0.3 is 18.1 Å². The largest absolute Gasteiger partial charge is 0.479 e. The number of hydrogen-bond donors (Lipinski definition) is 8. The number of hydrazine groups is 1. The summed E-state index contributed by atoms with van der Waals surface area (Å²) >= 11 is 0. The molecule has 0 saturated heterocycles. The molecular weight excluding hydrogens is 664 g/mol. The van der Waals surface area contributed by atoms with Crippen molar-refractivity contribution in [3.8, 4) is 0 Å². The third kappa shape index (κ3) is 12.4. The van der Waals surface area contributed by atoms with E-state index in [2.05, 4.69) is 26.7 Å². The van der Waals surface area contributed by atoms with Crippen LogP contribution < -0.4 is 26.7 Å². The maximum absolute atomic E-state index is 13.7. The van der Waals surface area contributed by atoms with E-state index >= 15 is 0 Å². The lowest BCUT2D eigenvalue weighted by molar-refractivity contribution is -0.196. The molecule has 0 aliphatic heterocycles. The van der Waals surface area contributed by atoms with Crippen LogP contribution in [0.1, 0.15) is 89.7 Å². The first-order chi connectivity index (χ1) is 24.2. The fourth-order valence-electron chi connectivity index (χ4n) is 6.05. The van der Waals surface area contributed by atoms with Crippen LogP contribution in [0.15, 0.2) is 30.3 Å². The van der Waals surface area contributed by atoms with E-state index in [1.807, 2.05) is 13.8 Å². The van der Waals surface area contributed by atoms with Gasteiger partial charge in [0, 0.05) is 6.54 Å². The molecule has 0 bridgehead atoms. The molecule has 0 heterocycles. The highest BCUT2D eigenvalue weighted by molar-refractivity contribution is 5.91. The van der Waals surface area contributed by atoms with E-state index in [0.717, 1.165) is 50.0 Å². The Labute approximate surface area is 297 Å². The molecule has 0 spiro atoms. The van der Waals surface area contributed by atoms with Crippen molar-refractivity contribution < 1.29 is 48.8 Å². The van der Waals surface area contributed by atoms with Gasteiger partial charge in [-0.3, -0.25) is 19.8 Å². The highest BCUT2D eigenvalue weighted by atomic mass is 16.5. The molecule has 51 heavy (non-hydrogen) atoms. The number of ether oxygens (including phenoxy) is 1. The minimum atomic E-state index is -3.17. The van der Waals surface area contributed by atoms with Gasteiger partial charge in [0.2, 0.25) is 5.91 Å². The fraction of sp³-hybridized carbons (Fsp3) is 0.657. The highest BCUT2D eigenvalue weighted by Gasteiger charge is 2.47. The lowest BCUT2D eigenvalue weighted by Gasteiger charge is -2.35. The van der Waals surface area contributed by atoms with Gasteiger partial charge in [-0.1, -0.05) is 76.3 Å². The molecule has 16 nitrogen and oxygen atoms in total. The number of amides is 6. The van der Waals surface area contributed by atoms with Gasteiger partial charge in [-0.25, -0.2) is 19.4 Å². The van der Waals surface area contributed by atoms with E-state index in [4.69, 9.17) is 4.74 Å². The van der Waals surface area contributed by atoms with Crippen LogP contribution in [-0.2, 0) is 23.9 Å². The van der Waals surface area contributed by atoms with E-state index in [-0.39, 0.29) is 43.2 Å². The predicted molar refractivity (Wildman–Crippen MR) is 182 cm³/mol. The van der Waals surface area contributed by atoms with Crippen molar-refractivity contribution in [3.63, 3.8) is 0 Å². The summed E-state index contributed by atoms with van der Waals surface area (Å²) in [5.74, 6) is -7.40. The van der Waals surface area contributed by atoms with Gasteiger partial charge in [0.15, 0.2) is 6.04 Å². The van der Waals surface area contributed by atoms with E-state index in [1.165, 1.54) is 12.1 Å². The SMILES string of the molecule is CC(C)COC(=O)N[C@H](C(=O)NN(CC1CC1)C(=O)N[C@@H](CC1CC1)C(O)(O)C(=O)NCC(=O)N[C@H](C(=O)O)c1ccccc1)C1CCCCC1. The number of nitrogens with zero attached hydrogens (tertiary/aromatic N) is 1. The van der Waals surface area contributed by atoms with Crippen LogP contribution in [0.3, 0.4) is 0 Å². The van der Waals surface area contributed by atoms with Gasteiger partial charge in [0.05, 0.1) is 19.2 Å². The molecule has 3 fully saturated rings. The van der Waals surface area contributed by atoms with Crippen molar-refractivity contribution in [1.82, 2.24) is 31.7 Å². The second-order valence-corrected chi connectivity index (χ2v) is 14.4. The van der Waals surface area contributed by atoms with Gasteiger partial charge < -0.3 is 41.3 Å². The number of hydrogen-bond acceptors (Lipinski definition) is 9. The third-order valence-electron chi connectivity index (χ3n) is 9.33. The Morgan fingerprint density at radius 1 is 0.882 bits per heavy atom. The quantitative estimate of drug-likeness (QED) is 0.0858. The zero-order chi connectivity index (χ0) is 37.1. The molecule has 1 aromatic rings. The number of carbonyl (C=O) groups is 6. The summed E-state index contributed by atoms with van der Waals surface area (Å²) in [6.45, 7) is 3.29. The van der Waals surface area contributed by atoms with Crippen molar-refractivity contribution in [3.05, 3.63) is 35.9 Å². The van der Waals surface area contributed by atoms with Gasteiger partial charge in [0.1, 0.15) is 6.04 Å². The minimum absolute atomic E-state index is 0.00419. The molecule has 0 aromatic heterocycles. The third-order valence-corrected chi connectivity index (χ3v) is 9.33. The van der Waals surface area contributed by atoms with Crippen LogP contribution in [0, 0.1) is 23.7 Å². The van der Waals surface area contributed by atoms with Crippen LogP contribution in [0.5, 0.6) is 0 Å². The summed E-state index contributed by atoms with van der Waals surface area (Å²) in [7, 11) is 0. The standard InChI is InChI=1S/C35H52N6O10/c1-21(2)20-51-34(48)39-28(24-9-5-3-6-10-24)30(43)40-41(19-23-15-16-23)33(47)37-26(17-22-13-14-22)35(49,50)32(46)36-18-27(42)38-29(31(44)45)25-11-7-4-8-12-25/h4,7-8,11-12,21-24,26,28-29,49-50H,3,5-6,9-10,13-20H2,1-2H3,(H,36,46)(H,37,47)(H,38,42)(H,39,48)(H,40,43)(H,44,45)/t26-,28-,29-/m0/s1. The molecule has 0 unspecified atom stereocenters. The van der Waals surface area contributed by atoms with Gasteiger partial charge in [-0.2, -0.15) is 0 Å². The first kappa shape index (κ1) is 39.3. The summed E-state index contributed by atoms with van der Waals surface area (Å²) in [5.41, 5.74) is 2.94. The predicted octanol–water partition coefficient (Wildman–Crippen LogP) is 1.68. The number of nitrogens with one attached hydrogen (secondary N) is 5. The summed E-state index contributed by atoms with van der Waals surface area (Å²) in [4.78, 5) is 77.5. The second kappa shape index (κ2) is 18.2. The van der Waals surface area contributed by atoms with Crippen LogP contribution >= 0.6 is 0 Å². The molecule has 3 saturated carbocycles. The molecule has 3 atom stereocenters. The minimum Gasteiger partial charge on any atom is -0.479 e. The first-order valence-electron chi connectivity index (χ1n) is 17.9. The Balaban J connectivity index is 1.42. The van der Waals surface area contributed by atoms with Crippen molar-refractivity contribution in [2.45, 2.75) is 102 Å². The maximum atomic E-state index is 13.7. The molecular formula is C35H52N6O10. The van der Waals surface area contributed by atoms with E-state index in [0.29, 0.717) is 18.4 Å². The Morgan fingerprint density at radius 3 is 2.12 bits per heavy atom. The van der Waals surface area contributed by atoms with Crippen molar-refractivity contribution in [2.24, 2.45) is 23.7 Å². The number of aliphatic carboxylic acids is 1. The number of urea groups is 1. The Kier molecular flexibility index (Phi) is 14.0. The van der Waals surface area contributed by atoms with Gasteiger partial charge in [0.25, 0.3) is 17.6 Å². The average molecular weight is 717 g/mol. The number of alkyl carbamates (subject to hydrolysis) is 1. The molecule has 4 rings (SSSR count). The molecule has 1 aromatic carbocycles. The average Bonchev–Trinajstić information content (AvgIpc) is 4.05. The Hall–Kier alpha value is -4.44. The molecule has 6 amide bonds. The normalized spacial score (nSPS) is 18.1. The Morgan fingerprint density at radius 2 is 1.53 bits per heavy atom. The van der Waals surface area contributed by atoms with Gasteiger partial charge in [-0.05, 0) is 61.3 Å². The monoisotopic (exact) mass is 716 g/mol. The summed E-state index contributed by atoms with van der Waals surface area (Å²) in [6.07, 6.45) is 6.60. The van der Waals surface area contributed by atoms with Crippen LogP contribution in [0.2, 0.25) is 0 Å². The summed E-state index contributed by atoms with van der Waals surface area (Å²) in [5, 5.41) is 42.4. The molecule has 16 heteroatoms. The smallest absolute Gasteiger partial charge is 0.407 e. The van der Waals surface area contributed by atoms with Crippen molar-refractivity contribution in [2.75, 3.05) is 19.7 Å². The topological polar surface area (TPSA) is 236 Å². The molecule has 8 N–H and O–H groups in total. The maximum Gasteiger partial charge on any atom is 0.407 e. The molecule has 3 aliphatic rings. The lowest BCUT2D eigenvalue weighted by Crippen LogP contribution is -2.65. The molecule has 0 radical (unpaired) electrons.